The van der Waals surface area contributed by atoms with Gasteiger partial charge in [-0.1, -0.05) is 18.2 Å². The maximum absolute atomic E-state index is 13.3. The molecule has 15 heavy (non-hydrogen) atoms. The van der Waals surface area contributed by atoms with Gasteiger partial charge in [-0.05, 0) is 12.1 Å². The van der Waals surface area contributed by atoms with Gasteiger partial charge < -0.3 is 0 Å². The molecule has 0 fully saturated rings. The quantitative estimate of drug-likeness (QED) is 0.736. The maximum atomic E-state index is 13.3. The third-order valence-electron chi connectivity index (χ3n) is 1.91. The summed E-state index contributed by atoms with van der Waals surface area (Å²) in [5.74, 6) is -0.742. The molecule has 0 spiro atoms. The summed E-state index contributed by atoms with van der Waals surface area (Å²) in [6, 6.07) is 5.29. The summed E-state index contributed by atoms with van der Waals surface area (Å²) in [5.41, 5.74) is 0. The summed E-state index contributed by atoms with van der Waals surface area (Å²) >= 11 is 0. The van der Waals surface area contributed by atoms with E-state index >= 15 is 0 Å². The SMILES string of the molecule is C=CCN(C)S(=O)(=O)c1ccccc1F. The predicted molar refractivity (Wildman–Crippen MR) is 56.4 cm³/mol. The van der Waals surface area contributed by atoms with E-state index in [1.807, 2.05) is 0 Å². The van der Waals surface area contributed by atoms with Crippen molar-refractivity contribution in [3.05, 3.63) is 42.7 Å². The summed E-state index contributed by atoms with van der Waals surface area (Å²) in [4.78, 5) is -0.311. The zero-order valence-corrected chi connectivity index (χ0v) is 9.17. The van der Waals surface area contributed by atoms with Gasteiger partial charge in [0.1, 0.15) is 10.7 Å². The van der Waals surface area contributed by atoms with Gasteiger partial charge in [0.15, 0.2) is 0 Å². The summed E-state index contributed by atoms with van der Waals surface area (Å²) in [7, 11) is -2.37. The molecule has 0 aliphatic rings. The molecule has 1 aromatic rings. The Morgan fingerprint density at radius 2 is 2.07 bits per heavy atom. The Labute approximate surface area is 88.9 Å². The van der Waals surface area contributed by atoms with Crippen LogP contribution in [0.3, 0.4) is 0 Å². The Hall–Kier alpha value is -1.20. The van der Waals surface area contributed by atoms with E-state index in [-0.39, 0.29) is 11.4 Å². The van der Waals surface area contributed by atoms with E-state index in [4.69, 9.17) is 0 Å². The van der Waals surface area contributed by atoms with Crippen molar-refractivity contribution < 1.29 is 12.8 Å². The van der Waals surface area contributed by atoms with E-state index < -0.39 is 15.8 Å². The lowest BCUT2D eigenvalue weighted by Crippen LogP contribution is -2.27. The van der Waals surface area contributed by atoms with Gasteiger partial charge in [-0.2, -0.15) is 4.31 Å². The number of hydrogen-bond acceptors (Lipinski definition) is 2. The Balaban J connectivity index is 3.17. The highest BCUT2D eigenvalue weighted by Crippen LogP contribution is 2.17. The first kappa shape index (κ1) is 11.9. The molecule has 0 saturated heterocycles. The minimum absolute atomic E-state index is 0.149. The van der Waals surface area contributed by atoms with Crippen molar-refractivity contribution in [2.75, 3.05) is 13.6 Å². The molecule has 0 aromatic heterocycles. The number of nitrogens with zero attached hydrogens (tertiary/aromatic N) is 1. The van der Waals surface area contributed by atoms with E-state index in [0.29, 0.717) is 0 Å². The smallest absolute Gasteiger partial charge is 0.207 e. The normalized spacial score (nSPS) is 11.7. The predicted octanol–water partition coefficient (Wildman–Crippen LogP) is 1.63. The largest absolute Gasteiger partial charge is 0.246 e. The molecule has 0 aliphatic carbocycles. The first-order valence-corrected chi connectivity index (χ1v) is 5.76. The molecule has 0 radical (unpaired) electrons. The molecular formula is C10H12FNO2S. The fourth-order valence-electron chi connectivity index (χ4n) is 1.10. The van der Waals surface area contributed by atoms with Crippen LogP contribution in [0.5, 0.6) is 0 Å². The highest BCUT2D eigenvalue weighted by molar-refractivity contribution is 7.89. The number of rotatable bonds is 4. The van der Waals surface area contributed by atoms with Crippen LogP contribution in [0.1, 0.15) is 0 Å². The standard InChI is InChI=1S/C10H12FNO2S/c1-3-8-12(2)15(13,14)10-7-5-4-6-9(10)11/h3-7H,1,8H2,2H3. The van der Waals surface area contributed by atoms with Gasteiger partial charge in [0.25, 0.3) is 0 Å². The zero-order chi connectivity index (χ0) is 11.5. The monoisotopic (exact) mass is 229 g/mol. The first-order chi connectivity index (χ1) is 7.00. The molecule has 0 saturated carbocycles. The molecule has 0 bridgehead atoms. The van der Waals surface area contributed by atoms with Crippen LogP contribution < -0.4 is 0 Å². The molecule has 82 valence electrons. The molecule has 0 heterocycles. The molecule has 0 unspecified atom stereocenters. The lowest BCUT2D eigenvalue weighted by atomic mass is 10.4. The molecule has 0 N–H and O–H groups in total. The van der Waals surface area contributed by atoms with Gasteiger partial charge in [-0.3, -0.25) is 0 Å². The minimum atomic E-state index is -3.74. The molecular weight excluding hydrogens is 217 g/mol. The summed E-state index contributed by atoms with van der Waals surface area (Å²) in [6.45, 7) is 3.58. The molecule has 1 rings (SSSR count). The second kappa shape index (κ2) is 4.55. The minimum Gasteiger partial charge on any atom is -0.207 e. The average Bonchev–Trinajstić information content (AvgIpc) is 2.18. The van der Waals surface area contributed by atoms with Crippen molar-refractivity contribution in [2.45, 2.75) is 4.90 Å². The molecule has 3 nitrogen and oxygen atoms in total. The Morgan fingerprint density at radius 3 is 2.60 bits per heavy atom. The number of benzene rings is 1. The highest BCUT2D eigenvalue weighted by atomic mass is 32.2. The number of halogens is 1. The van der Waals surface area contributed by atoms with Gasteiger partial charge >= 0.3 is 0 Å². The number of hydrogen-bond donors (Lipinski definition) is 0. The van der Waals surface area contributed by atoms with Crippen LogP contribution >= 0.6 is 0 Å². The third kappa shape index (κ3) is 2.43. The van der Waals surface area contributed by atoms with Crippen molar-refractivity contribution in [1.29, 1.82) is 0 Å². The van der Waals surface area contributed by atoms with E-state index in [0.717, 1.165) is 10.4 Å². The van der Waals surface area contributed by atoms with Crippen LogP contribution in [0.4, 0.5) is 4.39 Å². The molecule has 0 aliphatic heterocycles. The Kier molecular flexibility index (Phi) is 3.60. The van der Waals surface area contributed by atoms with Crippen molar-refractivity contribution >= 4 is 10.0 Å². The van der Waals surface area contributed by atoms with Crippen molar-refractivity contribution in [2.24, 2.45) is 0 Å². The van der Waals surface area contributed by atoms with E-state index in [9.17, 15) is 12.8 Å². The Bertz CT molecular complexity index is 456. The van der Waals surface area contributed by atoms with Crippen LogP contribution in [0.2, 0.25) is 0 Å². The van der Waals surface area contributed by atoms with Gasteiger partial charge in [-0.25, -0.2) is 12.8 Å². The van der Waals surface area contributed by atoms with Crippen molar-refractivity contribution in [3.8, 4) is 0 Å². The fourth-order valence-corrected chi connectivity index (χ4v) is 2.30. The van der Waals surface area contributed by atoms with Crippen LogP contribution in [0, 0.1) is 5.82 Å². The first-order valence-electron chi connectivity index (χ1n) is 4.32. The summed E-state index contributed by atoms with van der Waals surface area (Å²) < 4.78 is 37.9. The number of likely N-dealkylation sites (N-methyl/N-ethyl adjacent to an activating group) is 1. The molecule has 1 aromatic carbocycles. The Morgan fingerprint density at radius 1 is 1.47 bits per heavy atom. The van der Waals surface area contributed by atoms with E-state index in [1.165, 1.54) is 31.3 Å². The van der Waals surface area contributed by atoms with Crippen LogP contribution in [-0.4, -0.2) is 26.3 Å². The van der Waals surface area contributed by atoms with Crippen LogP contribution in [0.15, 0.2) is 41.8 Å². The fraction of sp³-hybridized carbons (Fsp3) is 0.200. The second-order valence-corrected chi connectivity index (χ2v) is 5.02. The van der Waals surface area contributed by atoms with Crippen molar-refractivity contribution in [3.63, 3.8) is 0 Å². The zero-order valence-electron chi connectivity index (χ0n) is 8.35. The van der Waals surface area contributed by atoms with Crippen molar-refractivity contribution in [1.82, 2.24) is 4.31 Å². The summed E-state index contributed by atoms with van der Waals surface area (Å²) in [6.07, 6.45) is 1.44. The van der Waals surface area contributed by atoms with Gasteiger partial charge in [0.05, 0.1) is 0 Å². The van der Waals surface area contributed by atoms with Crippen LogP contribution in [-0.2, 0) is 10.0 Å². The van der Waals surface area contributed by atoms with Crippen LogP contribution in [0.25, 0.3) is 0 Å². The molecule has 0 atom stereocenters. The topological polar surface area (TPSA) is 37.4 Å². The lowest BCUT2D eigenvalue weighted by Gasteiger charge is -2.15. The third-order valence-corrected chi connectivity index (χ3v) is 3.77. The molecule has 5 heteroatoms. The van der Waals surface area contributed by atoms with E-state index in [2.05, 4.69) is 6.58 Å². The van der Waals surface area contributed by atoms with Gasteiger partial charge in [-0.15, -0.1) is 6.58 Å². The average molecular weight is 229 g/mol. The maximum Gasteiger partial charge on any atom is 0.246 e. The highest BCUT2D eigenvalue weighted by Gasteiger charge is 2.22. The second-order valence-electron chi connectivity index (χ2n) is 3.00. The van der Waals surface area contributed by atoms with Gasteiger partial charge in [0.2, 0.25) is 10.0 Å². The van der Waals surface area contributed by atoms with Gasteiger partial charge in [0, 0.05) is 13.6 Å². The lowest BCUT2D eigenvalue weighted by molar-refractivity contribution is 0.489. The summed E-state index contributed by atoms with van der Waals surface area (Å²) in [5, 5.41) is 0. The number of sulfonamides is 1. The van der Waals surface area contributed by atoms with E-state index in [1.54, 1.807) is 0 Å². The molecule has 0 amide bonds.